The summed E-state index contributed by atoms with van der Waals surface area (Å²) in [6, 6.07) is 12.1. The molecule has 0 atom stereocenters. The molecule has 0 bridgehead atoms. The van der Waals surface area contributed by atoms with E-state index in [-0.39, 0.29) is 10.5 Å². The zero-order chi connectivity index (χ0) is 18.4. The van der Waals surface area contributed by atoms with Gasteiger partial charge in [0.2, 0.25) is 10.0 Å². The van der Waals surface area contributed by atoms with Crippen LogP contribution in [0.4, 0.5) is 5.69 Å². The Morgan fingerprint density at radius 2 is 1.88 bits per heavy atom. The molecule has 0 radical (unpaired) electrons. The first kappa shape index (κ1) is 19.0. The van der Waals surface area contributed by atoms with Gasteiger partial charge in [-0.3, -0.25) is 0 Å². The van der Waals surface area contributed by atoms with Crippen molar-refractivity contribution in [1.82, 2.24) is 0 Å². The Morgan fingerprint density at radius 1 is 1.20 bits per heavy atom. The molecule has 2 aromatic rings. The third-order valence-electron chi connectivity index (χ3n) is 3.82. The van der Waals surface area contributed by atoms with E-state index >= 15 is 0 Å². The van der Waals surface area contributed by atoms with Crippen LogP contribution in [0.3, 0.4) is 0 Å². The van der Waals surface area contributed by atoms with Crippen LogP contribution in [0.5, 0.6) is 0 Å². The second-order valence-electron chi connectivity index (χ2n) is 5.80. The summed E-state index contributed by atoms with van der Waals surface area (Å²) in [6.07, 6.45) is 2.18. The normalized spacial score (nSPS) is 11.3. The number of hydrogen-bond donors (Lipinski definition) is 3. The Labute approximate surface area is 147 Å². The summed E-state index contributed by atoms with van der Waals surface area (Å²) in [5.41, 5.74) is 1.68. The zero-order valence-electron chi connectivity index (χ0n) is 14.0. The number of anilines is 1. The fourth-order valence-electron chi connectivity index (χ4n) is 2.57. The minimum Gasteiger partial charge on any atom is -0.478 e. The highest BCUT2D eigenvalue weighted by molar-refractivity contribution is 7.89. The number of rotatable bonds is 8. The summed E-state index contributed by atoms with van der Waals surface area (Å²) in [7, 11) is -4.04. The average Bonchev–Trinajstić information content (AvgIpc) is 2.55. The summed E-state index contributed by atoms with van der Waals surface area (Å²) in [6.45, 7) is 2.64. The van der Waals surface area contributed by atoms with Crippen molar-refractivity contribution in [2.24, 2.45) is 5.14 Å². The maximum absolute atomic E-state index is 12.0. The molecule has 0 spiro atoms. The van der Waals surface area contributed by atoms with E-state index in [1.54, 1.807) is 6.07 Å². The molecule has 0 unspecified atom stereocenters. The quantitative estimate of drug-likeness (QED) is 0.626. The molecule has 0 saturated carbocycles. The van der Waals surface area contributed by atoms with Crippen LogP contribution in [0.2, 0.25) is 0 Å². The van der Waals surface area contributed by atoms with Gasteiger partial charge in [-0.25, -0.2) is 18.4 Å². The standard InChI is InChI=1S/C18H22N2O4S/c1-2-3-9-20-16-11-14(10-13-7-5-4-6-8-13)17(25(19,23)24)12-15(16)18(21)22/h4-8,11-12,20H,2-3,9-10H2,1H3,(H,21,22)(H2,19,23,24). The van der Waals surface area contributed by atoms with Crippen molar-refractivity contribution >= 4 is 21.7 Å². The first-order valence-corrected chi connectivity index (χ1v) is 9.58. The van der Waals surface area contributed by atoms with Gasteiger partial charge >= 0.3 is 5.97 Å². The predicted molar refractivity (Wildman–Crippen MR) is 97.4 cm³/mol. The van der Waals surface area contributed by atoms with Crippen LogP contribution in [-0.4, -0.2) is 26.0 Å². The lowest BCUT2D eigenvalue weighted by atomic mass is 10.0. The fraction of sp³-hybridized carbons (Fsp3) is 0.278. The predicted octanol–water partition coefficient (Wildman–Crippen LogP) is 2.83. The van der Waals surface area contributed by atoms with E-state index in [2.05, 4.69) is 5.32 Å². The highest BCUT2D eigenvalue weighted by atomic mass is 32.2. The SMILES string of the molecule is CCCCNc1cc(Cc2ccccc2)c(S(N)(=O)=O)cc1C(=O)O. The van der Waals surface area contributed by atoms with Crippen LogP contribution in [0, 0.1) is 0 Å². The smallest absolute Gasteiger partial charge is 0.337 e. The number of unbranched alkanes of at least 4 members (excludes halogenated alkanes) is 1. The Hall–Kier alpha value is -2.38. The van der Waals surface area contributed by atoms with Gasteiger partial charge in [-0.1, -0.05) is 43.7 Å². The molecule has 2 rings (SSSR count). The number of carbonyl (C=O) groups is 1. The highest BCUT2D eigenvalue weighted by Gasteiger charge is 2.21. The van der Waals surface area contributed by atoms with Crippen molar-refractivity contribution in [3.8, 4) is 0 Å². The summed E-state index contributed by atoms with van der Waals surface area (Å²) in [4.78, 5) is 11.4. The second-order valence-corrected chi connectivity index (χ2v) is 7.33. The number of carboxylic acid groups (broad SMARTS) is 1. The van der Waals surface area contributed by atoms with Gasteiger partial charge in [0.15, 0.2) is 0 Å². The average molecular weight is 362 g/mol. The van der Waals surface area contributed by atoms with E-state index < -0.39 is 16.0 Å². The molecule has 0 aromatic heterocycles. The van der Waals surface area contributed by atoms with E-state index in [9.17, 15) is 18.3 Å². The molecule has 2 aromatic carbocycles. The van der Waals surface area contributed by atoms with Gasteiger partial charge < -0.3 is 10.4 Å². The topological polar surface area (TPSA) is 109 Å². The van der Waals surface area contributed by atoms with Gasteiger partial charge in [-0.05, 0) is 36.1 Å². The van der Waals surface area contributed by atoms with Crippen LogP contribution in [0.25, 0.3) is 0 Å². The lowest BCUT2D eigenvalue weighted by Crippen LogP contribution is -2.17. The Kier molecular flexibility index (Phi) is 6.17. The van der Waals surface area contributed by atoms with Crippen molar-refractivity contribution < 1.29 is 18.3 Å². The molecule has 4 N–H and O–H groups in total. The van der Waals surface area contributed by atoms with Gasteiger partial charge in [0.1, 0.15) is 0 Å². The van der Waals surface area contributed by atoms with Gasteiger partial charge in [-0.2, -0.15) is 0 Å². The van der Waals surface area contributed by atoms with Crippen molar-refractivity contribution in [2.75, 3.05) is 11.9 Å². The van der Waals surface area contributed by atoms with Crippen molar-refractivity contribution in [2.45, 2.75) is 31.1 Å². The van der Waals surface area contributed by atoms with Crippen molar-refractivity contribution in [1.29, 1.82) is 0 Å². The van der Waals surface area contributed by atoms with Crippen molar-refractivity contribution in [3.05, 3.63) is 59.2 Å². The number of nitrogens with two attached hydrogens (primary N) is 1. The van der Waals surface area contributed by atoms with Crippen LogP contribution in [0.1, 0.15) is 41.3 Å². The summed E-state index contributed by atoms with van der Waals surface area (Å²) < 4.78 is 23.9. The van der Waals surface area contributed by atoms with Crippen LogP contribution in [0.15, 0.2) is 47.4 Å². The molecular weight excluding hydrogens is 340 g/mol. The van der Waals surface area contributed by atoms with Crippen LogP contribution < -0.4 is 10.5 Å². The van der Waals surface area contributed by atoms with Gasteiger partial charge in [-0.15, -0.1) is 0 Å². The lowest BCUT2D eigenvalue weighted by molar-refractivity contribution is 0.0697. The first-order valence-electron chi connectivity index (χ1n) is 8.03. The largest absolute Gasteiger partial charge is 0.478 e. The van der Waals surface area contributed by atoms with E-state index in [0.29, 0.717) is 24.2 Å². The molecule has 25 heavy (non-hydrogen) atoms. The maximum atomic E-state index is 12.0. The van der Waals surface area contributed by atoms with E-state index in [4.69, 9.17) is 5.14 Å². The molecule has 0 aliphatic heterocycles. The minimum absolute atomic E-state index is 0.100. The molecule has 0 saturated heterocycles. The number of primary sulfonamides is 1. The number of benzene rings is 2. The Balaban J connectivity index is 2.53. The molecule has 0 aliphatic carbocycles. The number of sulfonamides is 1. The zero-order valence-corrected chi connectivity index (χ0v) is 14.8. The summed E-state index contributed by atoms with van der Waals surface area (Å²) in [5, 5.41) is 17.8. The minimum atomic E-state index is -4.04. The molecule has 0 aliphatic rings. The summed E-state index contributed by atoms with van der Waals surface area (Å²) in [5.74, 6) is -1.20. The highest BCUT2D eigenvalue weighted by Crippen LogP contribution is 2.27. The van der Waals surface area contributed by atoms with Crippen LogP contribution in [-0.2, 0) is 16.4 Å². The van der Waals surface area contributed by atoms with E-state index in [1.807, 2.05) is 37.3 Å². The first-order chi connectivity index (χ1) is 11.8. The van der Waals surface area contributed by atoms with Gasteiger partial charge in [0, 0.05) is 12.2 Å². The number of nitrogens with one attached hydrogen (secondary N) is 1. The second kappa shape index (κ2) is 8.13. The fourth-order valence-corrected chi connectivity index (χ4v) is 3.35. The monoisotopic (exact) mass is 362 g/mol. The number of aromatic carboxylic acids is 1. The lowest BCUT2D eigenvalue weighted by Gasteiger charge is -2.15. The molecule has 0 heterocycles. The number of carboxylic acids is 1. The molecule has 0 amide bonds. The van der Waals surface area contributed by atoms with Crippen molar-refractivity contribution in [3.63, 3.8) is 0 Å². The van der Waals surface area contributed by atoms with Crippen LogP contribution >= 0.6 is 0 Å². The van der Waals surface area contributed by atoms with E-state index in [1.165, 1.54) is 0 Å². The maximum Gasteiger partial charge on any atom is 0.337 e. The Morgan fingerprint density at radius 3 is 2.44 bits per heavy atom. The number of hydrogen-bond acceptors (Lipinski definition) is 4. The Bertz CT molecular complexity index is 849. The van der Waals surface area contributed by atoms with Gasteiger partial charge in [0.05, 0.1) is 10.5 Å². The molecule has 0 fully saturated rings. The molecule has 7 heteroatoms. The van der Waals surface area contributed by atoms with Gasteiger partial charge in [0.25, 0.3) is 0 Å². The molecular formula is C18H22N2O4S. The molecule has 134 valence electrons. The molecule has 6 nitrogen and oxygen atoms in total. The van der Waals surface area contributed by atoms with E-state index in [0.717, 1.165) is 24.5 Å². The third-order valence-corrected chi connectivity index (χ3v) is 4.81. The third kappa shape index (κ3) is 5.04. The summed E-state index contributed by atoms with van der Waals surface area (Å²) >= 11 is 0.